The summed E-state index contributed by atoms with van der Waals surface area (Å²) in [4.78, 5) is 21.7. The predicted molar refractivity (Wildman–Crippen MR) is 54.7 cm³/mol. The van der Waals surface area contributed by atoms with Crippen molar-refractivity contribution in [2.45, 2.75) is 52.4 Å². The summed E-state index contributed by atoms with van der Waals surface area (Å²) in [6.45, 7) is 4.01. The zero-order valence-corrected chi connectivity index (χ0v) is 9.89. The molecular formula is C10H19O3P-2. The molecule has 0 saturated carbocycles. The summed E-state index contributed by atoms with van der Waals surface area (Å²) in [7, 11) is -4.48. The van der Waals surface area contributed by atoms with Gasteiger partial charge in [-0.25, -0.2) is 0 Å². The van der Waals surface area contributed by atoms with E-state index in [4.69, 9.17) is 0 Å². The van der Waals surface area contributed by atoms with Crippen molar-refractivity contribution in [3.8, 4) is 0 Å². The van der Waals surface area contributed by atoms with Gasteiger partial charge in [0.15, 0.2) is 0 Å². The second kappa shape index (κ2) is 7.22. The van der Waals surface area contributed by atoms with Gasteiger partial charge in [-0.2, -0.15) is 0 Å². The molecule has 0 amide bonds. The summed E-state index contributed by atoms with van der Waals surface area (Å²) in [6.07, 6.45) is 6.33. The van der Waals surface area contributed by atoms with Gasteiger partial charge in [-0.3, -0.25) is 0 Å². The van der Waals surface area contributed by atoms with E-state index in [0.717, 1.165) is 25.7 Å². The average molecular weight is 218 g/mol. The molecule has 3 nitrogen and oxygen atoms in total. The smallest absolute Gasteiger partial charge is 0.0271 e. The Kier molecular flexibility index (Phi) is 7.16. The van der Waals surface area contributed by atoms with Crippen LogP contribution in [-0.4, -0.2) is 0 Å². The first-order valence-corrected chi connectivity index (χ1v) is 6.78. The molecule has 0 aromatic heterocycles. The SMILES string of the molecule is CCCC/C=C(/CCCC)P(=O)([O-])[O-]. The number of allylic oxidation sites excluding steroid dienone is 2. The maximum atomic E-state index is 10.8. The van der Waals surface area contributed by atoms with Crippen molar-refractivity contribution < 1.29 is 14.4 Å². The molecule has 84 valence electrons. The second-order valence-electron chi connectivity index (χ2n) is 3.44. The Hall–Kier alpha value is -0.110. The molecule has 0 bridgehead atoms. The van der Waals surface area contributed by atoms with E-state index in [0.29, 0.717) is 12.8 Å². The minimum absolute atomic E-state index is 0.104. The van der Waals surface area contributed by atoms with E-state index >= 15 is 0 Å². The van der Waals surface area contributed by atoms with Gasteiger partial charge in [0.2, 0.25) is 0 Å². The molecule has 0 N–H and O–H groups in total. The van der Waals surface area contributed by atoms with Crippen LogP contribution < -0.4 is 9.79 Å². The quantitative estimate of drug-likeness (QED) is 0.486. The van der Waals surface area contributed by atoms with Crippen molar-refractivity contribution in [1.29, 1.82) is 0 Å². The van der Waals surface area contributed by atoms with Gasteiger partial charge in [0, 0.05) is 0 Å². The lowest BCUT2D eigenvalue weighted by molar-refractivity contribution is -0.310. The number of hydrogen-bond acceptors (Lipinski definition) is 3. The molecule has 0 heterocycles. The highest BCUT2D eigenvalue weighted by atomic mass is 31.2. The minimum atomic E-state index is -4.48. The molecule has 0 aromatic carbocycles. The highest BCUT2D eigenvalue weighted by Crippen LogP contribution is 2.39. The normalized spacial score (nSPS) is 13.3. The Morgan fingerprint density at radius 2 is 1.79 bits per heavy atom. The monoisotopic (exact) mass is 218 g/mol. The Morgan fingerprint density at radius 1 is 1.21 bits per heavy atom. The van der Waals surface area contributed by atoms with E-state index < -0.39 is 7.60 Å². The lowest BCUT2D eigenvalue weighted by Gasteiger charge is -2.32. The molecule has 0 aromatic rings. The van der Waals surface area contributed by atoms with Gasteiger partial charge in [-0.05, 0) is 32.2 Å². The standard InChI is InChI=1S/C10H21O3P/c1-3-5-7-9-10(8-6-4-2)14(11,12)13/h9H,3-8H2,1-2H3,(H2,11,12,13)/p-2/b10-9-. The molecule has 0 spiro atoms. The van der Waals surface area contributed by atoms with Crippen LogP contribution in [0, 0.1) is 0 Å². The molecule has 0 rings (SSSR count). The first-order valence-electron chi connectivity index (χ1n) is 5.24. The van der Waals surface area contributed by atoms with Crippen molar-refractivity contribution in [2.24, 2.45) is 0 Å². The van der Waals surface area contributed by atoms with Gasteiger partial charge in [0.1, 0.15) is 0 Å². The maximum Gasteiger partial charge on any atom is -0.0271 e. The minimum Gasteiger partial charge on any atom is -0.808 e. The summed E-state index contributed by atoms with van der Waals surface area (Å²) >= 11 is 0. The van der Waals surface area contributed by atoms with E-state index in [1.54, 1.807) is 6.08 Å². The maximum absolute atomic E-state index is 10.8. The topological polar surface area (TPSA) is 63.2 Å². The van der Waals surface area contributed by atoms with E-state index in [2.05, 4.69) is 0 Å². The molecule has 0 aliphatic heterocycles. The van der Waals surface area contributed by atoms with Crippen LogP contribution in [0.3, 0.4) is 0 Å². The van der Waals surface area contributed by atoms with Crippen LogP contribution in [0.15, 0.2) is 11.4 Å². The zero-order chi connectivity index (χ0) is 11.0. The summed E-state index contributed by atoms with van der Waals surface area (Å²) in [5.41, 5.74) is 0. The van der Waals surface area contributed by atoms with Crippen LogP contribution in [0.5, 0.6) is 0 Å². The van der Waals surface area contributed by atoms with Gasteiger partial charge < -0.3 is 14.4 Å². The summed E-state index contributed by atoms with van der Waals surface area (Å²) in [6, 6.07) is 0. The van der Waals surface area contributed by atoms with E-state index in [9.17, 15) is 14.4 Å². The summed E-state index contributed by atoms with van der Waals surface area (Å²) in [5, 5.41) is 0.104. The van der Waals surface area contributed by atoms with Crippen LogP contribution in [0.25, 0.3) is 0 Å². The highest BCUT2D eigenvalue weighted by molar-refractivity contribution is 7.53. The summed E-state index contributed by atoms with van der Waals surface area (Å²) < 4.78 is 10.8. The number of rotatable bonds is 7. The van der Waals surface area contributed by atoms with Crippen LogP contribution in [0.2, 0.25) is 0 Å². The molecule has 4 heteroatoms. The predicted octanol–water partition coefficient (Wildman–Crippen LogP) is 2.16. The van der Waals surface area contributed by atoms with Gasteiger partial charge in [-0.1, -0.05) is 39.2 Å². The third-order valence-corrected chi connectivity index (χ3v) is 3.19. The fraction of sp³-hybridized carbons (Fsp3) is 0.800. The fourth-order valence-corrected chi connectivity index (χ4v) is 1.97. The first-order chi connectivity index (χ1) is 6.52. The summed E-state index contributed by atoms with van der Waals surface area (Å²) in [5.74, 6) is 0. The average Bonchev–Trinajstić information content (AvgIpc) is 2.09. The van der Waals surface area contributed by atoms with Crippen LogP contribution in [-0.2, 0) is 4.57 Å². The van der Waals surface area contributed by atoms with Gasteiger partial charge in [0.25, 0.3) is 0 Å². The van der Waals surface area contributed by atoms with E-state index in [-0.39, 0.29) is 5.31 Å². The molecule has 0 atom stereocenters. The Bertz CT molecular complexity index is 217. The van der Waals surface area contributed by atoms with E-state index in [1.807, 2.05) is 13.8 Å². The Balaban J connectivity index is 4.24. The van der Waals surface area contributed by atoms with Crippen molar-refractivity contribution in [3.05, 3.63) is 11.4 Å². The zero-order valence-electron chi connectivity index (χ0n) is 8.99. The largest absolute Gasteiger partial charge is 0.808 e. The van der Waals surface area contributed by atoms with Crippen molar-refractivity contribution >= 4 is 7.60 Å². The Morgan fingerprint density at radius 3 is 2.21 bits per heavy atom. The third-order valence-electron chi connectivity index (χ3n) is 2.08. The molecule has 0 unspecified atom stereocenters. The Labute approximate surface area is 86.4 Å². The second-order valence-corrected chi connectivity index (χ2v) is 5.01. The molecule has 0 saturated heterocycles. The molecule has 0 aliphatic rings. The molecule has 0 aliphatic carbocycles. The lowest BCUT2D eigenvalue weighted by Crippen LogP contribution is -2.15. The third kappa shape index (κ3) is 6.36. The van der Waals surface area contributed by atoms with Crippen LogP contribution in [0.1, 0.15) is 52.4 Å². The van der Waals surface area contributed by atoms with Crippen molar-refractivity contribution in [3.63, 3.8) is 0 Å². The van der Waals surface area contributed by atoms with Gasteiger partial charge >= 0.3 is 0 Å². The first kappa shape index (κ1) is 13.9. The van der Waals surface area contributed by atoms with Gasteiger partial charge in [-0.15, -0.1) is 0 Å². The highest BCUT2D eigenvalue weighted by Gasteiger charge is 2.00. The van der Waals surface area contributed by atoms with E-state index in [1.165, 1.54) is 0 Å². The van der Waals surface area contributed by atoms with Crippen LogP contribution in [0.4, 0.5) is 0 Å². The lowest BCUT2D eigenvalue weighted by atomic mass is 10.2. The number of hydrogen-bond donors (Lipinski definition) is 0. The van der Waals surface area contributed by atoms with Gasteiger partial charge in [0.05, 0.1) is 0 Å². The number of unbranched alkanes of at least 4 members (excludes halogenated alkanes) is 3. The fourth-order valence-electron chi connectivity index (χ4n) is 1.18. The molecular weight excluding hydrogens is 199 g/mol. The molecule has 14 heavy (non-hydrogen) atoms. The molecule has 0 radical (unpaired) electrons. The van der Waals surface area contributed by atoms with Crippen molar-refractivity contribution in [2.75, 3.05) is 0 Å². The van der Waals surface area contributed by atoms with Crippen molar-refractivity contribution in [1.82, 2.24) is 0 Å². The molecule has 0 fully saturated rings. The van der Waals surface area contributed by atoms with Crippen LogP contribution >= 0.6 is 7.60 Å².